The Morgan fingerprint density at radius 3 is 2.17 bits per heavy atom. The SMILES string of the molecule is CCCNCC.CCNC(=O)Nc1ccccc1. The monoisotopic (exact) mass is 251 g/mol. The molecule has 3 N–H and O–H groups in total. The minimum Gasteiger partial charge on any atom is -0.338 e. The van der Waals surface area contributed by atoms with Crippen molar-refractivity contribution in [1.29, 1.82) is 0 Å². The Balaban J connectivity index is 0.000000411. The molecule has 4 nitrogen and oxygen atoms in total. The number of carbonyl (C=O) groups is 1. The average Bonchev–Trinajstić information content (AvgIpc) is 2.38. The highest BCUT2D eigenvalue weighted by Gasteiger charge is 1.96. The van der Waals surface area contributed by atoms with E-state index in [0.717, 1.165) is 18.8 Å². The summed E-state index contributed by atoms with van der Waals surface area (Å²) in [7, 11) is 0. The van der Waals surface area contributed by atoms with Crippen molar-refractivity contribution in [2.45, 2.75) is 27.2 Å². The number of rotatable bonds is 5. The van der Waals surface area contributed by atoms with E-state index in [-0.39, 0.29) is 6.03 Å². The number of urea groups is 1. The lowest BCUT2D eigenvalue weighted by atomic mass is 10.3. The van der Waals surface area contributed by atoms with Crippen LogP contribution in [0.4, 0.5) is 10.5 Å². The van der Waals surface area contributed by atoms with Gasteiger partial charge in [-0.3, -0.25) is 0 Å². The first kappa shape index (κ1) is 16.4. The van der Waals surface area contributed by atoms with Crippen LogP contribution in [0.1, 0.15) is 27.2 Å². The number of benzene rings is 1. The molecule has 0 heterocycles. The van der Waals surface area contributed by atoms with Crippen molar-refractivity contribution in [3.63, 3.8) is 0 Å². The fourth-order valence-corrected chi connectivity index (χ4v) is 1.21. The Morgan fingerprint density at radius 2 is 1.72 bits per heavy atom. The summed E-state index contributed by atoms with van der Waals surface area (Å²) < 4.78 is 0. The van der Waals surface area contributed by atoms with Crippen LogP contribution in [0.15, 0.2) is 30.3 Å². The fraction of sp³-hybridized carbons (Fsp3) is 0.500. The maximum Gasteiger partial charge on any atom is 0.319 e. The van der Waals surface area contributed by atoms with Gasteiger partial charge in [0.2, 0.25) is 0 Å². The van der Waals surface area contributed by atoms with Gasteiger partial charge in [-0.25, -0.2) is 4.79 Å². The molecule has 0 saturated heterocycles. The van der Waals surface area contributed by atoms with E-state index < -0.39 is 0 Å². The first-order valence-electron chi connectivity index (χ1n) is 6.55. The van der Waals surface area contributed by atoms with Gasteiger partial charge in [-0.2, -0.15) is 0 Å². The minimum absolute atomic E-state index is 0.163. The lowest BCUT2D eigenvalue weighted by Gasteiger charge is -2.04. The third-order valence-electron chi connectivity index (χ3n) is 2.05. The van der Waals surface area contributed by atoms with Gasteiger partial charge in [0, 0.05) is 12.2 Å². The van der Waals surface area contributed by atoms with Gasteiger partial charge < -0.3 is 16.0 Å². The molecule has 0 radical (unpaired) electrons. The van der Waals surface area contributed by atoms with Crippen LogP contribution in [-0.4, -0.2) is 25.7 Å². The van der Waals surface area contributed by atoms with Crippen LogP contribution in [0.5, 0.6) is 0 Å². The zero-order chi connectivity index (χ0) is 13.6. The zero-order valence-electron chi connectivity index (χ0n) is 11.6. The van der Waals surface area contributed by atoms with E-state index in [1.165, 1.54) is 6.42 Å². The molecule has 0 aliphatic rings. The van der Waals surface area contributed by atoms with Crippen LogP contribution < -0.4 is 16.0 Å². The molecule has 1 aromatic carbocycles. The van der Waals surface area contributed by atoms with Crippen LogP contribution >= 0.6 is 0 Å². The van der Waals surface area contributed by atoms with Crippen molar-refractivity contribution in [3.8, 4) is 0 Å². The first-order valence-corrected chi connectivity index (χ1v) is 6.55. The molecule has 0 spiro atoms. The number of nitrogens with one attached hydrogen (secondary N) is 3. The number of hydrogen-bond donors (Lipinski definition) is 3. The van der Waals surface area contributed by atoms with Crippen molar-refractivity contribution in [1.82, 2.24) is 10.6 Å². The summed E-state index contributed by atoms with van der Waals surface area (Å²) in [6.45, 7) is 9.08. The standard InChI is InChI=1S/C9H12N2O.C5H13N/c1-2-10-9(12)11-8-6-4-3-5-7-8;1-3-5-6-4-2/h3-7H,2H2,1H3,(H2,10,11,12);6H,3-5H2,1-2H3. The van der Waals surface area contributed by atoms with Crippen LogP contribution in [-0.2, 0) is 0 Å². The van der Waals surface area contributed by atoms with Crippen LogP contribution in [0.3, 0.4) is 0 Å². The highest BCUT2D eigenvalue weighted by Crippen LogP contribution is 2.03. The summed E-state index contributed by atoms with van der Waals surface area (Å²) in [4.78, 5) is 11.0. The van der Waals surface area contributed by atoms with Crippen LogP contribution in [0.25, 0.3) is 0 Å². The minimum atomic E-state index is -0.163. The Kier molecular flexibility index (Phi) is 10.9. The highest BCUT2D eigenvalue weighted by molar-refractivity contribution is 5.89. The molecule has 18 heavy (non-hydrogen) atoms. The van der Waals surface area contributed by atoms with Gasteiger partial charge in [0.15, 0.2) is 0 Å². The maximum atomic E-state index is 11.0. The third kappa shape index (κ3) is 9.66. The molecule has 0 atom stereocenters. The van der Waals surface area contributed by atoms with E-state index in [9.17, 15) is 4.79 Å². The third-order valence-corrected chi connectivity index (χ3v) is 2.05. The number of amides is 2. The number of carbonyl (C=O) groups excluding carboxylic acids is 1. The van der Waals surface area contributed by atoms with Crippen molar-refractivity contribution >= 4 is 11.7 Å². The van der Waals surface area contributed by atoms with Crippen molar-refractivity contribution in [2.75, 3.05) is 25.0 Å². The molecule has 2 amide bonds. The molecule has 1 rings (SSSR count). The van der Waals surface area contributed by atoms with E-state index in [1.807, 2.05) is 37.3 Å². The van der Waals surface area contributed by atoms with Crippen molar-refractivity contribution in [3.05, 3.63) is 30.3 Å². The van der Waals surface area contributed by atoms with Gasteiger partial charge >= 0.3 is 6.03 Å². The molecule has 0 fully saturated rings. The smallest absolute Gasteiger partial charge is 0.319 e. The second kappa shape index (κ2) is 11.9. The van der Waals surface area contributed by atoms with Crippen LogP contribution in [0, 0.1) is 0 Å². The Bertz CT molecular complexity index is 297. The van der Waals surface area contributed by atoms with E-state index in [0.29, 0.717) is 6.54 Å². The van der Waals surface area contributed by atoms with E-state index in [2.05, 4.69) is 29.8 Å². The van der Waals surface area contributed by atoms with Gasteiger partial charge in [-0.15, -0.1) is 0 Å². The first-order chi connectivity index (χ1) is 8.74. The lowest BCUT2D eigenvalue weighted by molar-refractivity contribution is 0.252. The quantitative estimate of drug-likeness (QED) is 0.705. The van der Waals surface area contributed by atoms with Gasteiger partial charge in [-0.1, -0.05) is 32.0 Å². The summed E-state index contributed by atoms with van der Waals surface area (Å²) in [6.07, 6.45) is 1.24. The van der Waals surface area contributed by atoms with E-state index in [4.69, 9.17) is 0 Å². The van der Waals surface area contributed by atoms with E-state index >= 15 is 0 Å². The zero-order valence-corrected chi connectivity index (χ0v) is 11.6. The Hall–Kier alpha value is -1.55. The molecule has 1 aromatic rings. The summed E-state index contributed by atoms with van der Waals surface area (Å²) in [5.74, 6) is 0. The fourth-order valence-electron chi connectivity index (χ4n) is 1.21. The normalized spacial score (nSPS) is 9.06. The maximum absolute atomic E-state index is 11.0. The Morgan fingerprint density at radius 1 is 1.06 bits per heavy atom. The summed E-state index contributed by atoms with van der Waals surface area (Å²) >= 11 is 0. The molecular formula is C14H25N3O. The molecule has 0 aromatic heterocycles. The second-order valence-corrected chi connectivity index (χ2v) is 3.70. The topological polar surface area (TPSA) is 53.2 Å². The largest absolute Gasteiger partial charge is 0.338 e. The lowest BCUT2D eigenvalue weighted by Crippen LogP contribution is -2.28. The van der Waals surface area contributed by atoms with Gasteiger partial charge in [0.1, 0.15) is 0 Å². The summed E-state index contributed by atoms with van der Waals surface area (Å²) in [5.41, 5.74) is 0.809. The van der Waals surface area contributed by atoms with Gasteiger partial charge in [0.25, 0.3) is 0 Å². The summed E-state index contributed by atoms with van der Waals surface area (Å²) in [5, 5.41) is 8.53. The van der Waals surface area contributed by atoms with E-state index in [1.54, 1.807) is 0 Å². The molecule has 102 valence electrons. The van der Waals surface area contributed by atoms with Gasteiger partial charge in [-0.05, 0) is 38.6 Å². The van der Waals surface area contributed by atoms with Crippen LogP contribution in [0.2, 0.25) is 0 Å². The molecule has 0 unspecified atom stereocenters. The predicted molar refractivity (Wildman–Crippen MR) is 78.0 cm³/mol. The molecule has 0 aliphatic carbocycles. The number of anilines is 1. The average molecular weight is 251 g/mol. The van der Waals surface area contributed by atoms with Gasteiger partial charge in [0.05, 0.1) is 0 Å². The molecule has 0 aliphatic heterocycles. The number of hydrogen-bond acceptors (Lipinski definition) is 2. The van der Waals surface area contributed by atoms with Crippen molar-refractivity contribution in [2.24, 2.45) is 0 Å². The highest BCUT2D eigenvalue weighted by atomic mass is 16.2. The summed E-state index contributed by atoms with van der Waals surface area (Å²) in [6, 6.07) is 9.18. The molecular weight excluding hydrogens is 226 g/mol. The molecule has 0 saturated carbocycles. The molecule has 4 heteroatoms. The Labute approximate surface area is 110 Å². The molecule has 0 bridgehead atoms. The second-order valence-electron chi connectivity index (χ2n) is 3.70. The number of para-hydroxylation sites is 1. The van der Waals surface area contributed by atoms with Crippen molar-refractivity contribution < 1.29 is 4.79 Å². The predicted octanol–water partition coefficient (Wildman–Crippen LogP) is 2.83.